The maximum absolute atomic E-state index is 11.7. The molecule has 0 atom stereocenters. The average molecular weight is 241 g/mol. The van der Waals surface area contributed by atoms with Crippen LogP contribution >= 0.6 is 0 Å². The number of hydrogen-bond donors (Lipinski definition) is 0. The first kappa shape index (κ1) is 13.5. The first-order valence-corrected chi connectivity index (χ1v) is 5.72. The van der Waals surface area contributed by atoms with Gasteiger partial charge in [0.2, 0.25) is 0 Å². The molecule has 0 aromatic rings. The van der Waals surface area contributed by atoms with Crippen LogP contribution in [-0.4, -0.2) is 44.7 Å². The normalized spacial score (nSPS) is 16.2. The summed E-state index contributed by atoms with van der Waals surface area (Å²) in [5.74, 6) is -1.25. The van der Waals surface area contributed by atoms with Gasteiger partial charge < -0.3 is 14.4 Å². The van der Waals surface area contributed by atoms with Gasteiger partial charge in [0.25, 0.3) is 0 Å². The van der Waals surface area contributed by atoms with Gasteiger partial charge in [0.05, 0.1) is 14.2 Å². The number of methoxy groups -OCH3 is 2. The third-order valence-electron chi connectivity index (χ3n) is 2.94. The number of esters is 2. The average Bonchev–Trinajstić information content (AvgIpc) is 2.54. The zero-order valence-electron chi connectivity index (χ0n) is 10.6. The van der Waals surface area contributed by atoms with Crippen LogP contribution in [0.5, 0.6) is 0 Å². The lowest BCUT2D eigenvalue weighted by Gasteiger charge is -2.21. The van der Waals surface area contributed by atoms with E-state index in [9.17, 15) is 9.59 Å². The van der Waals surface area contributed by atoms with Gasteiger partial charge in [-0.1, -0.05) is 6.42 Å². The number of rotatable bonds is 2. The Balaban J connectivity index is 3.13. The lowest BCUT2D eigenvalue weighted by Crippen LogP contribution is -2.26. The van der Waals surface area contributed by atoms with E-state index in [-0.39, 0.29) is 5.57 Å². The van der Waals surface area contributed by atoms with Crippen molar-refractivity contribution in [3.8, 4) is 0 Å². The van der Waals surface area contributed by atoms with Crippen LogP contribution < -0.4 is 0 Å². The lowest BCUT2D eigenvalue weighted by atomic mass is 10.1. The van der Waals surface area contributed by atoms with Crippen molar-refractivity contribution in [1.82, 2.24) is 4.90 Å². The van der Waals surface area contributed by atoms with E-state index in [1.54, 1.807) is 0 Å². The Morgan fingerprint density at radius 2 is 1.65 bits per heavy atom. The zero-order chi connectivity index (χ0) is 12.8. The van der Waals surface area contributed by atoms with E-state index < -0.39 is 11.9 Å². The number of carbonyl (C=O) groups is 2. The van der Waals surface area contributed by atoms with Gasteiger partial charge in [0.1, 0.15) is 0 Å². The molecule has 1 aliphatic rings. The van der Waals surface area contributed by atoms with E-state index in [0.717, 1.165) is 31.5 Å². The van der Waals surface area contributed by atoms with Crippen LogP contribution in [0.3, 0.4) is 0 Å². The van der Waals surface area contributed by atoms with Crippen molar-refractivity contribution in [2.45, 2.75) is 25.7 Å². The second-order valence-corrected chi connectivity index (χ2v) is 4.04. The molecular formula is C12H19NO4. The van der Waals surface area contributed by atoms with E-state index in [1.807, 2.05) is 11.9 Å². The van der Waals surface area contributed by atoms with Crippen LogP contribution in [-0.2, 0) is 19.1 Å². The van der Waals surface area contributed by atoms with E-state index >= 15 is 0 Å². The summed E-state index contributed by atoms with van der Waals surface area (Å²) in [6.45, 7) is 0.840. The number of hydrogen-bond acceptors (Lipinski definition) is 5. The molecule has 0 unspecified atom stereocenters. The molecule has 0 radical (unpaired) electrons. The van der Waals surface area contributed by atoms with E-state index in [0.29, 0.717) is 6.42 Å². The van der Waals surface area contributed by atoms with E-state index in [4.69, 9.17) is 0 Å². The Morgan fingerprint density at radius 3 is 2.18 bits per heavy atom. The van der Waals surface area contributed by atoms with Crippen molar-refractivity contribution in [1.29, 1.82) is 0 Å². The van der Waals surface area contributed by atoms with Crippen LogP contribution in [0, 0.1) is 0 Å². The van der Waals surface area contributed by atoms with E-state index in [1.165, 1.54) is 14.2 Å². The van der Waals surface area contributed by atoms with Gasteiger partial charge in [-0.2, -0.15) is 0 Å². The second kappa shape index (κ2) is 6.27. The van der Waals surface area contributed by atoms with Crippen LogP contribution in [0.15, 0.2) is 11.3 Å². The Bertz CT molecular complexity index is 317. The molecule has 1 saturated heterocycles. The first-order valence-electron chi connectivity index (χ1n) is 5.72. The summed E-state index contributed by atoms with van der Waals surface area (Å²) < 4.78 is 9.31. The van der Waals surface area contributed by atoms with Crippen molar-refractivity contribution in [2.75, 3.05) is 27.8 Å². The molecule has 0 saturated carbocycles. The molecule has 5 heteroatoms. The van der Waals surface area contributed by atoms with Crippen LogP contribution in [0.1, 0.15) is 25.7 Å². The molecule has 1 fully saturated rings. The molecule has 0 aliphatic carbocycles. The minimum atomic E-state index is -0.624. The van der Waals surface area contributed by atoms with Crippen LogP contribution in [0.4, 0.5) is 0 Å². The zero-order valence-corrected chi connectivity index (χ0v) is 10.6. The van der Waals surface area contributed by atoms with Crippen LogP contribution in [0.2, 0.25) is 0 Å². The second-order valence-electron chi connectivity index (χ2n) is 4.04. The highest BCUT2D eigenvalue weighted by Gasteiger charge is 2.27. The molecule has 0 aromatic carbocycles. The highest BCUT2D eigenvalue weighted by atomic mass is 16.5. The number of allylic oxidation sites excluding steroid dienone is 1. The summed E-state index contributed by atoms with van der Waals surface area (Å²) in [7, 11) is 4.41. The molecular weight excluding hydrogens is 222 g/mol. The van der Waals surface area contributed by atoms with Crippen LogP contribution in [0.25, 0.3) is 0 Å². The quantitative estimate of drug-likeness (QED) is 0.313. The largest absolute Gasteiger partial charge is 0.465 e. The molecule has 0 N–H and O–H groups in total. The van der Waals surface area contributed by atoms with Gasteiger partial charge in [0, 0.05) is 19.3 Å². The highest BCUT2D eigenvalue weighted by molar-refractivity contribution is 6.14. The van der Waals surface area contributed by atoms with Crippen molar-refractivity contribution in [3.63, 3.8) is 0 Å². The van der Waals surface area contributed by atoms with Gasteiger partial charge in [-0.05, 0) is 19.3 Å². The molecule has 1 rings (SSSR count). The molecule has 0 aromatic heterocycles. The Labute approximate surface area is 101 Å². The van der Waals surface area contributed by atoms with Crippen molar-refractivity contribution >= 4 is 11.9 Å². The summed E-state index contributed by atoms with van der Waals surface area (Å²) in [4.78, 5) is 25.3. The van der Waals surface area contributed by atoms with Gasteiger partial charge in [-0.15, -0.1) is 0 Å². The lowest BCUT2D eigenvalue weighted by molar-refractivity contribution is -0.144. The first-order chi connectivity index (χ1) is 8.11. The van der Waals surface area contributed by atoms with Gasteiger partial charge in [0.15, 0.2) is 5.57 Å². The Morgan fingerprint density at radius 1 is 1.06 bits per heavy atom. The number of carbonyl (C=O) groups excluding carboxylic acids is 2. The maximum Gasteiger partial charge on any atom is 0.347 e. The fraction of sp³-hybridized carbons (Fsp3) is 0.667. The third kappa shape index (κ3) is 3.22. The Kier molecular flexibility index (Phi) is 5.00. The van der Waals surface area contributed by atoms with Gasteiger partial charge in [-0.25, -0.2) is 9.59 Å². The molecule has 5 nitrogen and oxygen atoms in total. The molecule has 1 heterocycles. The van der Waals surface area contributed by atoms with Gasteiger partial charge in [-0.3, -0.25) is 0 Å². The number of ether oxygens (including phenoxy) is 2. The highest BCUT2D eigenvalue weighted by Crippen LogP contribution is 2.23. The third-order valence-corrected chi connectivity index (χ3v) is 2.94. The minimum Gasteiger partial charge on any atom is -0.465 e. The molecule has 96 valence electrons. The standard InChI is InChI=1S/C12H19NO4/c1-13-8-6-4-5-7-9(13)10(11(14)16-2)12(15)17-3/h4-8H2,1-3H3. The number of nitrogens with zero attached hydrogens (tertiary/aromatic N) is 1. The monoisotopic (exact) mass is 241 g/mol. The number of likely N-dealkylation sites (tertiary alicyclic amines) is 1. The molecule has 17 heavy (non-hydrogen) atoms. The fourth-order valence-electron chi connectivity index (χ4n) is 1.98. The topological polar surface area (TPSA) is 55.8 Å². The fourth-order valence-corrected chi connectivity index (χ4v) is 1.98. The molecule has 0 spiro atoms. The summed E-state index contributed by atoms with van der Waals surface area (Å²) in [5, 5.41) is 0. The maximum atomic E-state index is 11.7. The summed E-state index contributed by atoms with van der Waals surface area (Å²) >= 11 is 0. The molecule has 1 aliphatic heterocycles. The van der Waals surface area contributed by atoms with Crippen molar-refractivity contribution in [3.05, 3.63) is 11.3 Å². The predicted octanol–water partition coefficient (Wildman–Crippen LogP) is 1.09. The summed E-state index contributed by atoms with van der Waals surface area (Å²) in [6.07, 6.45) is 3.84. The predicted molar refractivity (Wildman–Crippen MR) is 62.2 cm³/mol. The molecule has 0 amide bonds. The molecule has 0 bridgehead atoms. The summed E-state index contributed by atoms with van der Waals surface area (Å²) in [6, 6.07) is 0. The van der Waals surface area contributed by atoms with Gasteiger partial charge >= 0.3 is 11.9 Å². The smallest absolute Gasteiger partial charge is 0.347 e. The summed E-state index contributed by atoms with van der Waals surface area (Å²) in [5.41, 5.74) is 0.751. The SMILES string of the molecule is COC(=O)C(C(=O)OC)=C1CCCCCN1C. The van der Waals surface area contributed by atoms with Crippen molar-refractivity contribution < 1.29 is 19.1 Å². The van der Waals surface area contributed by atoms with Crippen molar-refractivity contribution in [2.24, 2.45) is 0 Å². The Hall–Kier alpha value is -1.52. The minimum absolute atomic E-state index is 0.0272. The van der Waals surface area contributed by atoms with E-state index in [2.05, 4.69) is 9.47 Å².